The zero-order chi connectivity index (χ0) is 10.7. The van der Waals surface area contributed by atoms with Gasteiger partial charge in [0.05, 0.1) is 0 Å². The smallest absolute Gasteiger partial charge is 0.226 e. The number of hydrogen-bond acceptors (Lipinski definition) is 3. The van der Waals surface area contributed by atoms with Crippen molar-refractivity contribution in [2.45, 2.75) is 19.1 Å². The topological polar surface area (TPSA) is 29.5 Å². The van der Waals surface area contributed by atoms with Crippen LogP contribution in [0.25, 0.3) is 0 Å². The van der Waals surface area contributed by atoms with Crippen LogP contribution in [0.5, 0.6) is 0 Å². The molecule has 3 heteroatoms. The molecule has 1 aliphatic rings. The van der Waals surface area contributed by atoms with Gasteiger partial charge >= 0.3 is 0 Å². The molecule has 15 heavy (non-hydrogen) atoms. The second-order valence-electron chi connectivity index (χ2n) is 3.69. The van der Waals surface area contributed by atoms with Crippen molar-refractivity contribution in [3.8, 4) is 0 Å². The van der Waals surface area contributed by atoms with E-state index in [2.05, 4.69) is 17.0 Å². The fourth-order valence-corrected chi connectivity index (χ4v) is 2.02. The van der Waals surface area contributed by atoms with E-state index >= 15 is 0 Å². The minimum atomic E-state index is 0.00125. The van der Waals surface area contributed by atoms with Crippen molar-refractivity contribution in [2.75, 3.05) is 18.6 Å². The number of anilines is 1. The van der Waals surface area contributed by atoms with Crippen molar-refractivity contribution >= 4 is 12.0 Å². The minimum Gasteiger partial charge on any atom is -0.350 e. The molecule has 0 saturated carbocycles. The van der Waals surface area contributed by atoms with E-state index in [1.54, 1.807) is 6.29 Å². The van der Waals surface area contributed by atoms with Crippen LogP contribution in [0.15, 0.2) is 24.3 Å². The minimum absolute atomic E-state index is 0.00125. The molecule has 0 bridgehead atoms. The lowest BCUT2D eigenvalue weighted by Gasteiger charge is -2.35. The Morgan fingerprint density at radius 1 is 1.53 bits per heavy atom. The standard InChI is InChI=1S/C12H14NO2/c1-13-11-5-3-2-4-10(11)6-7-12(13)15-9-8-14/h2-5,12H,6-7,9H2,1H3. The normalized spacial score (nSPS) is 19.8. The Balaban J connectivity index is 2.14. The molecule has 1 aromatic carbocycles. The zero-order valence-corrected chi connectivity index (χ0v) is 8.77. The van der Waals surface area contributed by atoms with Gasteiger partial charge in [-0.1, -0.05) is 18.2 Å². The summed E-state index contributed by atoms with van der Waals surface area (Å²) in [4.78, 5) is 12.2. The molecule has 3 nitrogen and oxygen atoms in total. The monoisotopic (exact) mass is 204 g/mol. The molecule has 0 amide bonds. The highest BCUT2D eigenvalue weighted by atomic mass is 16.5. The molecule has 1 unspecified atom stereocenters. The van der Waals surface area contributed by atoms with Gasteiger partial charge in [-0.15, -0.1) is 0 Å². The third kappa shape index (κ3) is 2.02. The number of carbonyl (C=O) groups excluding carboxylic acids is 1. The predicted octanol–water partition coefficient (Wildman–Crippen LogP) is 1.52. The number of benzene rings is 1. The van der Waals surface area contributed by atoms with Crippen molar-refractivity contribution in [3.05, 3.63) is 29.8 Å². The fourth-order valence-electron chi connectivity index (χ4n) is 2.02. The van der Waals surface area contributed by atoms with Crippen molar-refractivity contribution in [1.82, 2.24) is 0 Å². The average Bonchev–Trinajstić information content (AvgIpc) is 2.29. The van der Waals surface area contributed by atoms with Crippen LogP contribution in [0.2, 0.25) is 0 Å². The van der Waals surface area contributed by atoms with Crippen LogP contribution >= 0.6 is 0 Å². The molecule has 0 N–H and O–H groups in total. The van der Waals surface area contributed by atoms with Gasteiger partial charge in [0.1, 0.15) is 12.8 Å². The number of aryl methyl sites for hydroxylation is 1. The second kappa shape index (κ2) is 4.45. The molecular formula is C12H14NO2. The highest BCUT2D eigenvalue weighted by Crippen LogP contribution is 2.29. The maximum Gasteiger partial charge on any atom is 0.226 e. The molecule has 1 aliphatic heterocycles. The molecule has 0 aromatic heterocycles. The van der Waals surface area contributed by atoms with Crippen molar-refractivity contribution < 1.29 is 9.53 Å². The van der Waals surface area contributed by atoms with Crippen LogP contribution in [0.1, 0.15) is 12.0 Å². The first-order chi connectivity index (χ1) is 7.33. The Morgan fingerprint density at radius 2 is 2.33 bits per heavy atom. The Morgan fingerprint density at radius 3 is 3.13 bits per heavy atom. The van der Waals surface area contributed by atoms with E-state index in [4.69, 9.17) is 4.74 Å². The van der Waals surface area contributed by atoms with Gasteiger partial charge in [0.25, 0.3) is 0 Å². The molecule has 1 heterocycles. The molecule has 0 fully saturated rings. The molecule has 1 atom stereocenters. The molecular weight excluding hydrogens is 190 g/mol. The fraction of sp³-hybridized carbons (Fsp3) is 0.417. The highest BCUT2D eigenvalue weighted by molar-refractivity contribution is 5.56. The van der Waals surface area contributed by atoms with E-state index < -0.39 is 0 Å². The second-order valence-corrected chi connectivity index (χ2v) is 3.69. The van der Waals surface area contributed by atoms with Crippen molar-refractivity contribution in [2.24, 2.45) is 0 Å². The molecule has 2 rings (SSSR count). The van der Waals surface area contributed by atoms with Crippen LogP contribution in [0.3, 0.4) is 0 Å². The van der Waals surface area contributed by atoms with Crippen molar-refractivity contribution in [3.63, 3.8) is 0 Å². The Labute approximate surface area is 89.7 Å². The number of rotatable bonds is 3. The number of para-hydroxylation sites is 1. The third-order valence-corrected chi connectivity index (χ3v) is 2.80. The van der Waals surface area contributed by atoms with Gasteiger partial charge in [-0.2, -0.15) is 0 Å². The Bertz CT molecular complexity index is 351. The molecule has 79 valence electrons. The van der Waals surface area contributed by atoms with E-state index in [0.29, 0.717) is 0 Å². The lowest BCUT2D eigenvalue weighted by molar-refractivity contribution is 0.0713. The van der Waals surface area contributed by atoms with Gasteiger partial charge in [0.15, 0.2) is 0 Å². The summed E-state index contributed by atoms with van der Waals surface area (Å²) >= 11 is 0. The summed E-state index contributed by atoms with van der Waals surface area (Å²) in [7, 11) is 1.99. The van der Waals surface area contributed by atoms with Crippen LogP contribution in [-0.4, -0.2) is 26.2 Å². The first-order valence-corrected chi connectivity index (χ1v) is 5.10. The summed E-state index contributed by atoms with van der Waals surface area (Å²) in [6, 6.07) is 8.28. The summed E-state index contributed by atoms with van der Waals surface area (Å²) in [6.45, 7) is 0.0528. The van der Waals surface area contributed by atoms with E-state index in [1.165, 1.54) is 11.3 Å². The lowest BCUT2D eigenvalue weighted by atomic mass is 10.0. The zero-order valence-electron chi connectivity index (χ0n) is 8.77. The first kappa shape index (κ1) is 10.2. The summed E-state index contributed by atoms with van der Waals surface area (Å²) in [6.07, 6.45) is 3.69. The predicted molar refractivity (Wildman–Crippen MR) is 58.6 cm³/mol. The quantitative estimate of drug-likeness (QED) is 0.747. The van der Waals surface area contributed by atoms with E-state index in [-0.39, 0.29) is 12.8 Å². The van der Waals surface area contributed by atoms with Crippen LogP contribution in [0, 0.1) is 0 Å². The Kier molecular flexibility index (Phi) is 3.02. The lowest BCUT2D eigenvalue weighted by Crippen LogP contribution is -2.38. The number of nitrogens with zero attached hydrogens (tertiary/aromatic N) is 1. The highest BCUT2D eigenvalue weighted by Gasteiger charge is 2.22. The molecule has 0 saturated heterocycles. The van der Waals surface area contributed by atoms with Gasteiger partial charge in [0.2, 0.25) is 6.29 Å². The summed E-state index contributed by atoms with van der Waals surface area (Å²) < 4.78 is 5.40. The summed E-state index contributed by atoms with van der Waals surface area (Å²) in [5.74, 6) is 0. The SMILES string of the molecule is CN1c2ccccc2CCC1OC[C]=O. The third-order valence-electron chi connectivity index (χ3n) is 2.80. The maximum atomic E-state index is 10.1. The van der Waals surface area contributed by atoms with Gasteiger partial charge in [-0.25, -0.2) is 0 Å². The largest absolute Gasteiger partial charge is 0.350 e. The van der Waals surface area contributed by atoms with Crippen LogP contribution < -0.4 is 4.90 Å². The molecule has 0 aliphatic carbocycles. The molecule has 0 spiro atoms. The van der Waals surface area contributed by atoms with E-state index in [9.17, 15) is 4.79 Å². The van der Waals surface area contributed by atoms with Crippen molar-refractivity contribution in [1.29, 1.82) is 0 Å². The van der Waals surface area contributed by atoms with E-state index in [1.807, 2.05) is 19.2 Å². The number of fused-ring (bicyclic) bond motifs is 1. The maximum absolute atomic E-state index is 10.1. The first-order valence-electron chi connectivity index (χ1n) is 5.10. The van der Waals surface area contributed by atoms with E-state index in [0.717, 1.165) is 12.8 Å². The van der Waals surface area contributed by atoms with Crippen LogP contribution in [0.4, 0.5) is 5.69 Å². The molecule has 1 aromatic rings. The van der Waals surface area contributed by atoms with Gasteiger partial charge in [-0.05, 0) is 24.5 Å². The van der Waals surface area contributed by atoms with Crippen LogP contribution in [-0.2, 0) is 16.0 Å². The average molecular weight is 204 g/mol. The van der Waals surface area contributed by atoms with Gasteiger partial charge < -0.3 is 9.64 Å². The summed E-state index contributed by atoms with van der Waals surface area (Å²) in [5, 5.41) is 0. The number of ether oxygens (including phenoxy) is 1. The van der Waals surface area contributed by atoms with Gasteiger partial charge in [-0.3, -0.25) is 4.79 Å². The molecule has 1 radical (unpaired) electrons. The summed E-state index contributed by atoms with van der Waals surface area (Å²) in [5.41, 5.74) is 2.54. The number of hydrogen-bond donors (Lipinski definition) is 0. The Hall–Kier alpha value is -1.35. The van der Waals surface area contributed by atoms with Gasteiger partial charge in [0, 0.05) is 12.7 Å².